The summed E-state index contributed by atoms with van der Waals surface area (Å²) in [6.45, 7) is 0.629. The number of benzene rings is 3. The number of amides is 3. The number of tetrazole rings is 1. The maximum Gasteiger partial charge on any atom is 0.251 e. The second kappa shape index (κ2) is 17.6. The Hall–Kier alpha value is -5.14. The zero-order chi connectivity index (χ0) is 37.3. The van der Waals surface area contributed by atoms with Gasteiger partial charge in [-0.15, -0.1) is 10.2 Å². The van der Waals surface area contributed by atoms with E-state index in [1.807, 2.05) is 36.4 Å². The van der Waals surface area contributed by atoms with Gasteiger partial charge in [-0.1, -0.05) is 24.3 Å². The Labute approximate surface area is 310 Å². The number of H-pyrrole nitrogens is 1. The van der Waals surface area contributed by atoms with E-state index in [1.165, 1.54) is 0 Å². The van der Waals surface area contributed by atoms with E-state index >= 15 is 0 Å². The fourth-order valence-corrected chi connectivity index (χ4v) is 7.51. The molecule has 280 valence electrons. The van der Waals surface area contributed by atoms with Crippen LogP contribution in [-0.4, -0.2) is 89.1 Å². The van der Waals surface area contributed by atoms with Crippen LogP contribution in [0.25, 0.3) is 22.5 Å². The SMILES string of the molecule is COc1cc(C(=O)NC2CCC(N(C)C)CC2)ccc1-c1ccc(CC(NC(=O)C2CCC(CN)CC2)C(=O)Nc2ccc(-c3nn[nH]n3)cc2)cc1. The zero-order valence-electron chi connectivity index (χ0n) is 30.8. The number of aromatic amines is 1. The number of hydrogen-bond acceptors (Lipinski definition) is 9. The maximum atomic E-state index is 13.7. The molecule has 1 atom stereocenters. The van der Waals surface area contributed by atoms with Crippen molar-refractivity contribution < 1.29 is 19.1 Å². The largest absolute Gasteiger partial charge is 0.496 e. The molecule has 0 radical (unpaired) electrons. The molecular formula is C40H51N9O4. The molecule has 1 unspecified atom stereocenters. The van der Waals surface area contributed by atoms with E-state index in [9.17, 15) is 14.4 Å². The molecule has 6 N–H and O–H groups in total. The van der Waals surface area contributed by atoms with E-state index in [0.29, 0.717) is 47.8 Å². The predicted molar refractivity (Wildman–Crippen MR) is 204 cm³/mol. The van der Waals surface area contributed by atoms with Gasteiger partial charge in [0, 0.05) is 46.8 Å². The topological polar surface area (TPSA) is 180 Å². The number of anilines is 1. The Morgan fingerprint density at radius 2 is 1.60 bits per heavy atom. The van der Waals surface area contributed by atoms with E-state index in [4.69, 9.17) is 10.5 Å². The van der Waals surface area contributed by atoms with Crippen molar-refractivity contribution in [3.8, 4) is 28.3 Å². The van der Waals surface area contributed by atoms with Gasteiger partial charge in [0.1, 0.15) is 11.8 Å². The molecule has 2 aliphatic carbocycles. The van der Waals surface area contributed by atoms with Crippen LogP contribution in [-0.2, 0) is 16.0 Å². The number of methoxy groups -OCH3 is 1. The number of nitrogens with two attached hydrogens (primary N) is 1. The van der Waals surface area contributed by atoms with Crippen LogP contribution in [0.4, 0.5) is 5.69 Å². The summed E-state index contributed by atoms with van der Waals surface area (Å²) in [4.78, 5) is 42.7. The second-order valence-electron chi connectivity index (χ2n) is 14.6. The van der Waals surface area contributed by atoms with Crippen molar-refractivity contribution in [3.63, 3.8) is 0 Å². The molecule has 0 spiro atoms. The molecular weight excluding hydrogens is 670 g/mol. The highest BCUT2D eigenvalue weighted by atomic mass is 16.5. The van der Waals surface area contributed by atoms with Crippen LogP contribution in [0.15, 0.2) is 66.7 Å². The molecule has 4 aromatic rings. The number of hydrogen-bond donors (Lipinski definition) is 5. The molecule has 0 aliphatic heterocycles. The summed E-state index contributed by atoms with van der Waals surface area (Å²) in [5.74, 6) is 0.818. The summed E-state index contributed by atoms with van der Waals surface area (Å²) in [7, 11) is 5.82. The van der Waals surface area contributed by atoms with Gasteiger partial charge in [0.15, 0.2) is 0 Å². The maximum absolute atomic E-state index is 13.7. The number of aromatic nitrogens is 4. The summed E-state index contributed by atoms with van der Waals surface area (Å²) in [5.41, 5.74) is 10.4. The van der Waals surface area contributed by atoms with E-state index in [0.717, 1.165) is 73.6 Å². The van der Waals surface area contributed by atoms with Crippen LogP contribution in [0.3, 0.4) is 0 Å². The highest BCUT2D eigenvalue weighted by molar-refractivity contribution is 5.98. The van der Waals surface area contributed by atoms with Gasteiger partial charge in [0.05, 0.1) is 7.11 Å². The number of rotatable bonds is 13. The van der Waals surface area contributed by atoms with Gasteiger partial charge in [-0.3, -0.25) is 14.4 Å². The van der Waals surface area contributed by atoms with Crippen molar-refractivity contribution in [3.05, 3.63) is 77.9 Å². The zero-order valence-corrected chi connectivity index (χ0v) is 30.8. The molecule has 2 saturated carbocycles. The van der Waals surface area contributed by atoms with E-state index in [1.54, 1.807) is 37.4 Å². The van der Waals surface area contributed by atoms with Crippen LogP contribution in [0.5, 0.6) is 5.75 Å². The first-order chi connectivity index (χ1) is 25.7. The van der Waals surface area contributed by atoms with Gasteiger partial charge >= 0.3 is 0 Å². The molecule has 53 heavy (non-hydrogen) atoms. The minimum absolute atomic E-state index is 0.0970. The van der Waals surface area contributed by atoms with Gasteiger partial charge in [-0.25, -0.2) is 0 Å². The normalized spacial score (nSPS) is 20.7. The smallest absolute Gasteiger partial charge is 0.251 e. The van der Waals surface area contributed by atoms with Crippen molar-refractivity contribution in [2.45, 2.75) is 75.9 Å². The van der Waals surface area contributed by atoms with Crippen molar-refractivity contribution >= 4 is 23.4 Å². The second-order valence-corrected chi connectivity index (χ2v) is 14.6. The minimum Gasteiger partial charge on any atom is -0.496 e. The molecule has 13 nitrogen and oxygen atoms in total. The standard InChI is InChI=1S/C40H51N9O4/c1-49(2)33-19-17-32(18-20-33)42-39(51)30-14-21-34(36(23-30)53-3)27-8-4-25(5-9-27)22-35(44-38(50)29-10-6-26(24-41)7-11-29)40(52)43-31-15-12-28(13-16-31)37-45-47-48-46-37/h4-5,8-9,12-16,21,23,26,29,32-33,35H,6-7,10-11,17-20,22,24,41H2,1-3H3,(H,42,51)(H,43,52)(H,44,50)(H,45,46,47,48). The van der Waals surface area contributed by atoms with Crippen LogP contribution < -0.4 is 26.4 Å². The molecule has 0 bridgehead atoms. The fourth-order valence-electron chi connectivity index (χ4n) is 7.51. The molecule has 6 rings (SSSR count). The van der Waals surface area contributed by atoms with Gasteiger partial charge in [0.2, 0.25) is 17.6 Å². The molecule has 1 aromatic heterocycles. The lowest BCUT2D eigenvalue weighted by Gasteiger charge is -2.33. The third-order valence-electron chi connectivity index (χ3n) is 10.9. The minimum atomic E-state index is -0.803. The quantitative estimate of drug-likeness (QED) is 0.132. The van der Waals surface area contributed by atoms with Gasteiger partial charge in [-0.2, -0.15) is 5.21 Å². The highest BCUT2D eigenvalue weighted by Crippen LogP contribution is 2.32. The van der Waals surface area contributed by atoms with Crippen molar-refractivity contribution in [2.75, 3.05) is 33.1 Å². The number of carbonyl (C=O) groups is 3. The Bertz CT molecular complexity index is 1810. The van der Waals surface area contributed by atoms with Gasteiger partial charge in [-0.05, 0) is 137 Å². The van der Waals surface area contributed by atoms with E-state index in [-0.39, 0.29) is 29.7 Å². The third-order valence-corrected chi connectivity index (χ3v) is 10.9. The van der Waals surface area contributed by atoms with E-state index < -0.39 is 6.04 Å². The first-order valence-electron chi connectivity index (χ1n) is 18.6. The first kappa shape index (κ1) is 37.6. The lowest BCUT2D eigenvalue weighted by Crippen LogP contribution is -2.48. The number of nitrogens with one attached hydrogen (secondary N) is 4. The average molecular weight is 722 g/mol. The first-order valence-corrected chi connectivity index (χ1v) is 18.6. The summed E-state index contributed by atoms with van der Waals surface area (Å²) in [6.07, 6.45) is 7.70. The monoisotopic (exact) mass is 721 g/mol. The van der Waals surface area contributed by atoms with Crippen LogP contribution in [0, 0.1) is 11.8 Å². The lowest BCUT2D eigenvalue weighted by molar-refractivity contribution is -0.130. The Balaban J connectivity index is 1.13. The van der Waals surface area contributed by atoms with E-state index in [2.05, 4.69) is 55.6 Å². The molecule has 2 aliphatic rings. The summed E-state index contributed by atoms with van der Waals surface area (Å²) in [5, 5.41) is 23.3. The summed E-state index contributed by atoms with van der Waals surface area (Å²) < 4.78 is 5.74. The highest BCUT2D eigenvalue weighted by Gasteiger charge is 2.30. The van der Waals surface area contributed by atoms with Gasteiger partial charge in [0.25, 0.3) is 5.91 Å². The summed E-state index contributed by atoms with van der Waals surface area (Å²) >= 11 is 0. The molecule has 3 amide bonds. The molecule has 2 fully saturated rings. The van der Waals surface area contributed by atoms with Crippen molar-refractivity contribution in [2.24, 2.45) is 17.6 Å². The third kappa shape index (κ3) is 9.65. The Morgan fingerprint density at radius 3 is 2.23 bits per heavy atom. The fraction of sp³-hybridized carbons (Fsp3) is 0.450. The molecule has 0 saturated heterocycles. The average Bonchev–Trinajstić information content (AvgIpc) is 3.73. The molecule has 3 aromatic carbocycles. The number of ether oxygens (including phenoxy) is 1. The van der Waals surface area contributed by atoms with Crippen molar-refractivity contribution in [1.82, 2.24) is 36.2 Å². The lowest BCUT2D eigenvalue weighted by atomic mass is 9.81. The number of carbonyl (C=O) groups excluding carboxylic acids is 3. The van der Waals surface area contributed by atoms with Gasteiger partial charge < -0.3 is 31.3 Å². The Kier molecular flexibility index (Phi) is 12.5. The van der Waals surface area contributed by atoms with Crippen LogP contribution in [0.2, 0.25) is 0 Å². The Morgan fingerprint density at radius 1 is 0.906 bits per heavy atom. The molecule has 13 heteroatoms. The predicted octanol–water partition coefficient (Wildman–Crippen LogP) is 4.58. The van der Waals surface area contributed by atoms with Crippen LogP contribution >= 0.6 is 0 Å². The number of nitrogens with zero attached hydrogens (tertiary/aromatic N) is 4. The van der Waals surface area contributed by atoms with Crippen molar-refractivity contribution in [1.29, 1.82) is 0 Å². The molecule has 1 heterocycles. The van der Waals surface area contributed by atoms with Crippen LogP contribution in [0.1, 0.15) is 67.3 Å². The summed E-state index contributed by atoms with van der Waals surface area (Å²) in [6, 6.07) is 20.4.